The highest BCUT2D eigenvalue weighted by Gasteiger charge is 2.50. The normalized spacial score (nSPS) is 20.2. The van der Waals surface area contributed by atoms with Crippen LogP contribution in [0.4, 0.5) is 4.79 Å². The number of halogens is 1. The highest BCUT2D eigenvalue weighted by molar-refractivity contribution is 6.32. The first kappa shape index (κ1) is 44.6. The fourth-order valence-electron chi connectivity index (χ4n) is 7.24. The van der Waals surface area contributed by atoms with Gasteiger partial charge in [0.15, 0.2) is 17.0 Å². The molecule has 2 aliphatic rings. The van der Waals surface area contributed by atoms with Gasteiger partial charge in [0.05, 0.1) is 13.2 Å². The number of tetrazole rings is 1. The van der Waals surface area contributed by atoms with Crippen LogP contribution in [0.5, 0.6) is 0 Å². The number of hydrogen-bond donors (Lipinski definition) is 1. The molecule has 1 N–H and O–H groups in total. The van der Waals surface area contributed by atoms with Crippen LogP contribution in [-0.4, -0.2) is 115 Å². The van der Waals surface area contributed by atoms with E-state index in [2.05, 4.69) is 35.3 Å². The summed E-state index contributed by atoms with van der Waals surface area (Å²) in [5, 5.41) is 34.0. The summed E-state index contributed by atoms with van der Waals surface area (Å²) in [7, 11) is 0. The van der Waals surface area contributed by atoms with Crippen molar-refractivity contribution in [1.82, 2.24) is 30.2 Å². The summed E-state index contributed by atoms with van der Waals surface area (Å²) in [5.41, 5.74) is 3.49. The molecular formula is C38H45ClN8O14. The van der Waals surface area contributed by atoms with Crippen molar-refractivity contribution >= 4 is 23.7 Å². The minimum absolute atomic E-state index is 0.00446. The second-order valence-corrected chi connectivity index (χ2v) is 14.8. The second-order valence-electron chi connectivity index (χ2n) is 14.4. The molecule has 0 spiro atoms. The van der Waals surface area contributed by atoms with Crippen LogP contribution in [0.15, 0.2) is 48.5 Å². The Hall–Kier alpha value is -5.97. The highest BCUT2D eigenvalue weighted by Crippen LogP contribution is 2.33. The Kier molecular flexibility index (Phi) is 15.0. The predicted molar refractivity (Wildman–Crippen MR) is 209 cm³/mol. The number of aryl methyl sites for hydroxylation is 1. The molecular weight excluding hydrogens is 828 g/mol. The van der Waals surface area contributed by atoms with Crippen molar-refractivity contribution in [3.8, 4) is 22.5 Å². The number of unbranched alkanes of at least 4 members (excludes halogenated alkanes) is 1. The lowest BCUT2D eigenvalue weighted by Gasteiger charge is -2.26. The Morgan fingerprint density at radius 1 is 0.967 bits per heavy atom. The van der Waals surface area contributed by atoms with Gasteiger partial charge in [-0.1, -0.05) is 80.4 Å². The fourth-order valence-corrected chi connectivity index (χ4v) is 7.52. The molecule has 2 aromatic carbocycles. The molecule has 0 aliphatic carbocycles. The highest BCUT2D eigenvalue weighted by atomic mass is 35.5. The van der Waals surface area contributed by atoms with Gasteiger partial charge >= 0.3 is 12.1 Å². The van der Waals surface area contributed by atoms with E-state index in [0.29, 0.717) is 18.1 Å². The fraction of sp³-hybridized carbons (Fsp3) is 0.526. The SMILES string of the molecule is CCCCc1nc(Cl)c(C(=O)OC(C)OC(=O)O[C@H]2COC3C2OC[C@H]3OCCC(C)[C@@H](O[N+](=O)[O-])[C@@H](C)O[N+](=O)[O-])n1Cc1ccc(-c2ccccc2-c2nn[nH]n2)cc1. The average molecular weight is 873 g/mol. The smallest absolute Gasteiger partial charge is 0.426 e. The van der Waals surface area contributed by atoms with Gasteiger partial charge in [0.2, 0.25) is 12.1 Å². The first-order chi connectivity index (χ1) is 29.3. The van der Waals surface area contributed by atoms with E-state index in [-0.39, 0.29) is 43.6 Å². The number of carbonyl (C=O) groups excluding carboxylic acids is 2. The maximum Gasteiger partial charge on any atom is 0.511 e. The minimum atomic E-state index is -1.39. The van der Waals surface area contributed by atoms with Crippen molar-refractivity contribution < 1.29 is 57.9 Å². The van der Waals surface area contributed by atoms with Gasteiger partial charge in [-0.05, 0) is 47.6 Å². The van der Waals surface area contributed by atoms with Crippen LogP contribution in [0.1, 0.15) is 68.8 Å². The molecule has 4 heterocycles. The average Bonchev–Trinajstić information content (AvgIpc) is 4.03. The molecule has 23 heteroatoms. The minimum Gasteiger partial charge on any atom is -0.426 e. The number of aromatic nitrogens is 6. The van der Waals surface area contributed by atoms with Crippen LogP contribution in [0.2, 0.25) is 5.15 Å². The molecule has 4 unspecified atom stereocenters. The number of imidazole rings is 1. The van der Waals surface area contributed by atoms with Gasteiger partial charge in [0.25, 0.3) is 10.2 Å². The number of aromatic amines is 1. The van der Waals surface area contributed by atoms with Crippen LogP contribution in [-0.2, 0) is 51.1 Å². The van der Waals surface area contributed by atoms with E-state index in [0.717, 1.165) is 35.1 Å². The first-order valence-corrected chi connectivity index (χ1v) is 19.9. The van der Waals surface area contributed by atoms with Gasteiger partial charge in [0, 0.05) is 32.1 Å². The Morgan fingerprint density at radius 3 is 2.33 bits per heavy atom. The summed E-state index contributed by atoms with van der Waals surface area (Å²) >= 11 is 6.56. The number of fused-ring (bicyclic) bond motifs is 1. The Labute approximate surface area is 353 Å². The van der Waals surface area contributed by atoms with Crippen molar-refractivity contribution in [3.05, 3.63) is 91.0 Å². The lowest BCUT2D eigenvalue weighted by molar-refractivity contribution is -0.799. The predicted octanol–water partition coefficient (Wildman–Crippen LogP) is 5.18. The summed E-state index contributed by atoms with van der Waals surface area (Å²) < 4.78 is 35.5. The van der Waals surface area contributed by atoms with Gasteiger partial charge in [-0.25, -0.2) is 14.6 Å². The van der Waals surface area contributed by atoms with Crippen molar-refractivity contribution in [2.45, 2.75) is 103 Å². The standard InChI is InChI=1S/C38H45ClN8O14/c1-5-6-11-30-40-35(39)31(45(30)18-24-12-14-25(15-13-24)26-9-7-8-10-27(26)36-41-43-44-42-36)37(48)57-23(4)58-38(49)59-29-20-56-33-28(19-55-34(29)33)54-17-16-21(2)32(61-47(52)53)22(3)60-46(50)51/h7-10,12-15,21-23,28-29,32-34H,5-6,11,16-20H2,1-4H3,(H,41,42,43,44)/t21?,22-,23?,28-,29+,32-,33?,34?/m1/s1. The third-order valence-electron chi connectivity index (χ3n) is 10.2. The van der Waals surface area contributed by atoms with Crippen molar-refractivity contribution in [1.29, 1.82) is 0 Å². The van der Waals surface area contributed by atoms with Gasteiger partial charge < -0.3 is 42.7 Å². The Morgan fingerprint density at radius 2 is 1.66 bits per heavy atom. The van der Waals surface area contributed by atoms with Gasteiger partial charge in [-0.15, -0.1) is 30.4 Å². The zero-order valence-corrected chi connectivity index (χ0v) is 34.4. The van der Waals surface area contributed by atoms with Crippen LogP contribution in [0, 0.1) is 26.1 Å². The molecule has 0 radical (unpaired) electrons. The number of H-pyrrole nitrogens is 1. The summed E-state index contributed by atoms with van der Waals surface area (Å²) in [6.07, 6.45) is -5.26. The summed E-state index contributed by atoms with van der Waals surface area (Å²) in [5.74, 6) is -0.372. The van der Waals surface area contributed by atoms with Crippen molar-refractivity contribution in [2.24, 2.45) is 5.92 Å². The summed E-state index contributed by atoms with van der Waals surface area (Å²) in [6, 6.07) is 15.5. The van der Waals surface area contributed by atoms with E-state index in [4.69, 9.17) is 40.0 Å². The zero-order valence-electron chi connectivity index (χ0n) is 33.6. The molecule has 2 saturated heterocycles. The molecule has 4 aromatic rings. The zero-order chi connectivity index (χ0) is 43.6. The number of esters is 1. The van der Waals surface area contributed by atoms with Crippen LogP contribution in [0.25, 0.3) is 22.5 Å². The first-order valence-electron chi connectivity index (χ1n) is 19.5. The van der Waals surface area contributed by atoms with Crippen LogP contribution >= 0.6 is 11.6 Å². The molecule has 8 atom stereocenters. The number of benzene rings is 2. The van der Waals surface area contributed by atoms with E-state index >= 15 is 0 Å². The van der Waals surface area contributed by atoms with Gasteiger partial charge in [-0.2, -0.15) is 5.21 Å². The maximum absolute atomic E-state index is 13.6. The topological polar surface area (TPSA) is 267 Å². The monoisotopic (exact) mass is 872 g/mol. The Bertz CT molecular complexity index is 2120. The van der Waals surface area contributed by atoms with Gasteiger partial charge in [-0.3, -0.25) is 0 Å². The lowest BCUT2D eigenvalue weighted by atomic mass is 9.97. The molecule has 0 bridgehead atoms. The van der Waals surface area contributed by atoms with E-state index in [1.807, 2.05) is 55.5 Å². The molecule has 2 aromatic heterocycles. The molecule has 0 saturated carbocycles. The van der Waals surface area contributed by atoms with E-state index < -0.39 is 71.1 Å². The third-order valence-corrected chi connectivity index (χ3v) is 10.5. The summed E-state index contributed by atoms with van der Waals surface area (Å²) in [4.78, 5) is 61.8. The van der Waals surface area contributed by atoms with E-state index in [9.17, 15) is 29.8 Å². The molecule has 6 rings (SSSR count). The molecule has 0 amide bonds. The number of carbonyl (C=O) groups is 2. The van der Waals surface area contributed by atoms with Crippen molar-refractivity contribution in [2.75, 3.05) is 19.8 Å². The molecule has 2 fully saturated rings. The van der Waals surface area contributed by atoms with Crippen LogP contribution in [0.3, 0.4) is 0 Å². The van der Waals surface area contributed by atoms with E-state index in [1.165, 1.54) is 13.8 Å². The summed E-state index contributed by atoms with van der Waals surface area (Å²) in [6.45, 7) is 6.69. The van der Waals surface area contributed by atoms with E-state index in [1.54, 1.807) is 11.5 Å². The van der Waals surface area contributed by atoms with Crippen LogP contribution < -0.4 is 0 Å². The van der Waals surface area contributed by atoms with Gasteiger partial charge in [0.1, 0.15) is 36.3 Å². The number of nitrogens with one attached hydrogen (secondary N) is 1. The molecule has 328 valence electrons. The Balaban J connectivity index is 1.02. The number of rotatable bonds is 21. The molecule has 61 heavy (non-hydrogen) atoms. The second kappa shape index (κ2) is 20.5. The number of hydrogen-bond acceptors (Lipinski definition) is 18. The number of nitrogens with zero attached hydrogens (tertiary/aromatic N) is 7. The third kappa shape index (κ3) is 11.2. The largest absolute Gasteiger partial charge is 0.511 e. The molecule has 2 aliphatic heterocycles. The molecule has 22 nitrogen and oxygen atoms in total. The quantitative estimate of drug-likeness (QED) is 0.0489. The maximum atomic E-state index is 13.6. The number of ether oxygens (including phenoxy) is 6. The van der Waals surface area contributed by atoms with Crippen molar-refractivity contribution in [3.63, 3.8) is 0 Å². The lowest BCUT2D eigenvalue weighted by Crippen LogP contribution is -2.39.